The fourth-order valence-electron chi connectivity index (χ4n) is 1.34. The maximum absolute atomic E-state index is 11.3. The minimum absolute atomic E-state index is 0. The van der Waals surface area contributed by atoms with E-state index in [1.54, 1.807) is 19.9 Å². The number of hydrogen-bond donors (Lipinski definition) is 0. The maximum atomic E-state index is 11.3. The Kier molecular flexibility index (Phi) is 12.1. The van der Waals surface area contributed by atoms with Gasteiger partial charge in [0, 0.05) is 0 Å². The Bertz CT molecular complexity index is 418. The van der Waals surface area contributed by atoms with Crippen molar-refractivity contribution in [3.8, 4) is 0 Å². The van der Waals surface area contributed by atoms with Crippen molar-refractivity contribution in [1.29, 1.82) is 0 Å². The van der Waals surface area contributed by atoms with Gasteiger partial charge < -0.3 is 14.7 Å². The van der Waals surface area contributed by atoms with Gasteiger partial charge in [0.2, 0.25) is 0 Å². The molecular formula is C10H11Li3O4P+. The zero-order valence-corrected chi connectivity index (χ0v) is 12.6. The molecule has 1 aromatic carbocycles. The normalized spacial score (nSPS) is 9.67. The second-order valence-electron chi connectivity index (χ2n) is 3.48. The van der Waals surface area contributed by atoms with E-state index in [1.807, 2.05) is 6.92 Å². The molecule has 0 amide bonds. The number of rotatable bonds is 2. The molecule has 0 atom stereocenters. The Balaban J connectivity index is -0.000000750. The molecule has 0 aliphatic heterocycles. The molecule has 0 N–H and O–H groups in total. The SMILES string of the molecule is Cc1ccc(C(=O)[P+]([O-])([O-])[O-])c(C)c1C.[Li+].[Li+].[Li+]. The Morgan fingerprint density at radius 2 is 1.39 bits per heavy atom. The van der Waals surface area contributed by atoms with Gasteiger partial charge in [-0.25, -0.2) is 4.79 Å². The van der Waals surface area contributed by atoms with Crippen molar-refractivity contribution in [2.24, 2.45) is 0 Å². The molecule has 0 saturated carbocycles. The Hall–Kier alpha value is 0.992. The topological polar surface area (TPSA) is 86.2 Å². The van der Waals surface area contributed by atoms with Crippen LogP contribution < -0.4 is 71.3 Å². The van der Waals surface area contributed by atoms with Crippen LogP contribution in [0.4, 0.5) is 0 Å². The van der Waals surface area contributed by atoms with Crippen molar-refractivity contribution in [3.05, 3.63) is 34.4 Å². The molecule has 82 valence electrons. The third kappa shape index (κ3) is 5.55. The average molecular weight is 247 g/mol. The van der Waals surface area contributed by atoms with Crippen LogP contribution in [0.25, 0.3) is 0 Å². The van der Waals surface area contributed by atoms with Gasteiger partial charge in [-0.2, -0.15) is 0 Å². The van der Waals surface area contributed by atoms with Gasteiger partial charge in [0.05, 0.1) is 5.56 Å². The summed E-state index contributed by atoms with van der Waals surface area (Å²) in [7, 11) is -5.18. The maximum Gasteiger partial charge on any atom is 1.00 e. The van der Waals surface area contributed by atoms with Crippen LogP contribution in [0.3, 0.4) is 0 Å². The van der Waals surface area contributed by atoms with Crippen molar-refractivity contribution >= 4 is 13.5 Å². The fraction of sp³-hybridized carbons (Fsp3) is 0.300. The van der Waals surface area contributed by atoms with Gasteiger partial charge in [-0.3, -0.25) is 0 Å². The largest absolute Gasteiger partial charge is 1.00 e. The van der Waals surface area contributed by atoms with Gasteiger partial charge in [-0.15, -0.1) is 0 Å². The van der Waals surface area contributed by atoms with Crippen LogP contribution in [0.5, 0.6) is 0 Å². The molecule has 0 bridgehead atoms. The number of carbonyl (C=O) groups is 1. The van der Waals surface area contributed by atoms with E-state index in [4.69, 9.17) is 0 Å². The molecule has 0 spiro atoms. The van der Waals surface area contributed by atoms with Crippen molar-refractivity contribution in [1.82, 2.24) is 0 Å². The van der Waals surface area contributed by atoms with E-state index in [9.17, 15) is 19.5 Å². The van der Waals surface area contributed by atoms with E-state index >= 15 is 0 Å². The Morgan fingerprint density at radius 1 is 0.944 bits per heavy atom. The molecule has 0 aliphatic rings. The van der Waals surface area contributed by atoms with Crippen LogP contribution in [0, 0.1) is 20.8 Å². The van der Waals surface area contributed by atoms with Crippen LogP contribution in [-0.2, 0) is 0 Å². The second-order valence-corrected chi connectivity index (χ2v) is 4.88. The summed E-state index contributed by atoms with van der Waals surface area (Å²) in [6.07, 6.45) is 0. The van der Waals surface area contributed by atoms with E-state index in [1.165, 1.54) is 6.07 Å². The molecule has 18 heavy (non-hydrogen) atoms. The van der Waals surface area contributed by atoms with Crippen molar-refractivity contribution in [3.63, 3.8) is 0 Å². The first-order valence-electron chi connectivity index (χ1n) is 4.39. The van der Waals surface area contributed by atoms with Crippen LogP contribution >= 0.6 is 7.94 Å². The first kappa shape index (κ1) is 24.0. The van der Waals surface area contributed by atoms with Crippen LogP contribution in [0.15, 0.2) is 12.1 Å². The van der Waals surface area contributed by atoms with E-state index in [2.05, 4.69) is 0 Å². The standard InChI is InChI=1S/C10H13O4P.3Li/c1-6-4-5-9(8(3)7(6)2)10(11)15(12,13)14;;;/h4-5H,1-3H3,(H2,12,13,14);;;/q;3*+1/p-2. The van der Waals surface area contributed by atoms with E-state index in [0.717, 1.165) is 11.1 Å². The van der Waals surface area contributed by atoms with Gasteiger partial charge in [0.25, 0.3) is 5.52 Å². The summed E-state index contributed by atoms with van der Waals surface area (Å²) in [6, 6.07) is 3.01. The summed E-state index contributed by atoms with van der Waals surface area (Å²) >= 11 is 0. The van der Waals surface area contributed by atoms with Crippen LogP contribution in [0.1, 0.15) is 27.0 Å². The first-order valence-corrected chi connectivity index (χ1v) is 5.93. The number of aryl methyl sites for hydroxylation is 1. The quantitative estimate of drug-likeness (QED) is 0.383. The predicted molar refractivity (Wildman–Crippen MR) is 51.9 cm³/mol. The van der Waals surface area contributed by atoms with Gasteiger partial charge >= 0.3 is 56.6 Å². The predicted octanol–water partition coefficient (Wildman–Crippen LogP) is -9.39. The summed E-state index contributed by atoms with van der Waals surface area (Å²) in [5.41, 5.74) is 0.978. The third-order valence-corrected chi connectivity index (χ3v) is 3.28. The van der Waals surface area contributed by atoms with Crippen LogP contribution in [0.2, 0.25) is 0 Å². The summed E-state index contributed by atoms with van der Waals surface area (Å²) in [5.74, 6) is 0. The fourth-order valence-corrected chi connectivity index (χ4v) is 1.87. The summed E-state index contributed by atoms with van der Waals surface area (Å²) < 4.78 is 0. The Labute approximate surface area is 144 Å². The third-order valence-electron chi connectivity index (χ3n) is 2.54. The molecule has 1 rings (SSSR count). The monoisotopic (exact) mass is 247 g/mol. The van der Waals surface area contributed by atoms with Gasteiger partial charge in [0.1, 0.15) is 0 Å². The molecule has 0 radical (unpaired) electrons. The zero-order valence-electron chi connectivity index (χ0n) is 11.7. The summed E-state index contributed by atoms with van der Waals surface area (Å²) in [5, 5.41) is 0. The molecular weight excluding hydrogens is 236 g/mol. The minimum Gasteiger partial charge on any atom is -0.681 e. The number of benzene rings is 1. The van der Waals surface area contributed by atoms with E-state index < -0.39 is 13.5 Å². The molecule has 0 aromatic heterocycles. The molecule has 4 nitrogen and oxygen atoms in total. The molecule has 0 aliphatic carbocycles. The van der Waals surface area contributed by atoms with E-state index in [-0.39, 0.29) is 62.1 Å². The van der Waals surface area contributed by atoms with Gasteiger partial charge in [0.15, 0.2) is 0 Å². The molecule has 0 fully saturated rings. The first-order chi connectivity index (χ1) is 6.75. The number of hydrogen-bond acceptors (Lipinski definition) is 4. The zero-order chi connectivity index (χ0) is 11.8. The number of carbonyl (C=O) groups excluding carboxylic acids is 1. The van der Waals surface area contributed by atoms with Gasteiger partial charge in [-0.05, 0) is 43.5 Å². The minimum atomic E-state index is -5.18. The molecule has 1 aromatic rings. The van der Waals surface area contributed by atoms with Crippen molar-refractivity contribution < 1.29 is 76.1 Å². The molecule has 0 heterocycles. The Morgan fingerprint density at radius 3 is 1.78 bits per heavy atom. The summed E-state index contributed by atoms with van der Waals surface area (Å²) in [4.78, 5) is 43.1. The summed E-state index contributed by atoms with van der Waals surface area (Å²) in [6.45, 7) is 5.26. The van der Waals surface area contributed by atoms with Gasteiger partial charge in [-0.1, -0.05) is 14.0 Å². The molecule has 0 unspecified atom stereocenters. The second kappa shape index (κ2) is 9.02. The van der Waals surface area contributed by atoms with Crippen LogP contribution in [-0.4, -0.2) is 5.52 Å². The van der Waals surface area contributed by atoms with E-state index in [0.29, 0.717) is 5.56 Å². The smallest absolute Gasteiger partial charge is 0.681 e. The molecule has 8 heteroatoms. The van der Waals surface area contributed by atoms with Crippen molar-refractivity contribution in [2.45, 2.75) is 20.8 Å². The van der Waals surface area contributed by atoms with Crippen molar-refractivity contribution in [2.75, 3.05) is 0 Å². The molecule has 0 saturated heterocycles. The average Bonchev–Trinajstić information content (AvgIpc) is 2.12.